The SMILES string of the molecule is O=C(NCc1ccc(OCc2ccccn2)cc1)c1ccc(-c2ccccc2)[nH]c1=O. The van der Waals surface area contributed by atoms with Gasteiger partial charge in [0.25, 0.3) is 11.5 Å². The van der Waals surface area contributed by atoms with Crippen LogP contribution in [0.1, 0.15) is 21.6 Å². The minimum atomic E-state index is -0.420. The van der Waals surface area contributed by atoms with Crippen LogP contribution in [0.2, 0.25) is 0 Å². The molecule has 0 bridgehead atoms. The zero-order valence-corrected chi connectivity index (χ0v) is 16.7. The van der Waals surface area contributed by atoms with Gasteiger partial charge < -0.3 is 15.0 Å². The number of carbonyl (C=O) groups excluding carboxylic acids is 1. The molecule has 1 amide bonds. The Morgan fingerprint density at radius 3 is 2.39 bits per heavy atom. The van der Waals surface area contributed by atoms with Crippen LogP contribution in [-0.4, -0.2) is 15.9 Å². The number of hydrogen-bond donors (Lipinski definition) is 2. The van der Waals surface area contributed by atoms with Crippen LogP contribution < -0.4 is 15.6 Å². The Bertz CT molecular complexity index is 1200. The third-order valence-corrected chi connectivity index (χ3v) is 4.73. The number of amides is 1. The number of hydrogen-bond acceptors (Lipinski definition) is 4. The molecule has 0 fully saturated rings. The number of nitrogens with zero attached hydrogens (tertiary/aromatic N) is 1. The largest absolute Gasteiger partial charge is 0.487 e. The number of rotatable bonds is 7. The molecular formula is C25H21N3O3. The van der Waals surface area contributed by atoms with Crippen molar-refractivity contribution in [2.24, 2.45) is 0 Å². The van der Waals surface area contributed by atoms with Gasteiger partial charge in [0, 0.05) is 18.4 Å². The van der Waals surface area contributed by atoms with Gasteiger partial charge in [-0.25, -0.2) is 0 Å². The highest BCUT2D eigenvalue weighted by atomic mass is 16.5. The predicted octanol–water partition coefficient (Wildman–Crippen LogP) is 3.95. The van der Waals surface area contributed by atoms with E-state index in [2.05, 4.69) is 15.3 Å². The molecule has 4 rings (SSSR count). The molecule has 0 saturated carbocycles. The van der Waals surface area contributed by atoms with E-state index in [9.17, 15) is 9.59 Å². The molecule has 0 aliphatic carbocycles. The quantitative estimate of drug-likeness (QED) is 0.482. The monoisotopic (exact) mass is 411 g/mol. The van der Waals surface area contributed by atoms with Crippen LogP contribution in [0.4, 0.5) is 0 Å². The second kappa shape index (κ2) is 9.54. The molecule has 2 heterocycles. The highest BCUT2D eigenvalue weighted by Crippen LogP contribution is 2.15. The Morgan fingerprint density at radius 1 is 0.903 bits per heavy atom. The van der Waals surface area contributed by atoms with Gasteiger partial charge in [0.1, 0.15) is 17.9 Å². The van der Waals surface area contributed by atoms with E-state index in [0.717, 1.165) is 16.8 Å². The summed E-state index contributed by atoms with van der Waals surface area (Å²) in [6.07, 6.45) is 1.73. The molecule has 0 aliphatic heterocycles. The fourth-order valence-electron chi connectivity index (χ4n) is 3.06. The summed E-state index contributed by atoms with van der Waals surface area (Å²) in [5, 5.41) is 2.78. The van der Waals surface area contributed by atoms with Crippen molar-refractivity contribution in [1.29, 1.82) is 0 Å². The van der Waals surface area contributed by atoms with Gasteiger partial charge in [0.05, 0.1) is 5.69 Å². The van der Waals surface area contributed by atoms with E-state index in [1.807, 2.05) is 72.8 Å². The molecule has 154 valence electrons. The van der Waals surface area contributed by atoms with E-state index in [-0.39, 0.29) is 5.56 Å². The van der Waals surface area contributed by atoms with Gasteiger partial charge in [0.2, 0.25) is 0 Å². The predicted molar refractivity (Wildman–Crippen MR) is 119 cm³/mol. The third kappa shape index (κ3) is 5.25. The highest BCUT2D eigenvalue weighted by Gasteiger charge is 2.11. The van der Waals surface area contributed by atoms with Gasteiger partial charge in [-0.2, -0.15) is 0 Å². The molecule has 0 spiro atoms. The van der Waals surface area contributed by atoms with Crippen LogP contribution in [0.15, 0.2) is 95.9 Å². The summed E-state index contributed by atoms with van der Waals surface area (Å²) >= 11 is 0. The number of ether oxygens (including phenoxy) is 1. The molecule has 0 aliphatic rings. The molecular weight excluding hydrogens is 390 g/mol. The van der Waals surface area contributed by atoms with Crippen molar-refractivity contribution >= 4 is 5.91 Å². The maximum absolute atomic E-state index is 12.5. The molecule has 2 aromatic carbocycles. The van der Waals surface area contributed by atoms with E-state index in [1.54, 1.807) is 18.3 Å². The van der Waals surface area contributed by atoms with Crippen molar-refractivity contribution in [3.63, 3.8) is 0 Å². The number of carbonyl (C=O) groups is 1. The summed E-state index contributed by atoms with van der Waals surface area (Å²) in [5.74, 6) is 0.296. The Morgan fingerprint density at radius 2 is 1.68 bits per heavy atom. The number of aromatic amines is 1. The number of pyridine rings is 2. The average molecular weight is 411 g/mol. The van der Waals surface area contributed by atoms with E-state index in [1.165, 1.54) is 0 Å². The summed E-state index contributed by atoms with van der Waals surface area (Å²) in [6, 6.07) is 25.9. The minimum absolute atomic E-state index is 0.0787. The summed E-state index contributed by atoms with van der Waals surface area (Å²) in [7, 11) is 0. The fraction of sp³-hybridized carbons (Fsp3) is 0.0800. The van der Waals surface area contributed by atoms with E-state index in [4.69, 9.17) is 4.74 Å². The third-order valence-electron chi connectivity index (χ3n) is 4.73. The van der Waals surface area contributed by atoms with Crippen molar-refractivity contribution < 1.29 is 9.53 Å². The lowest BCUT2D eigenvalue weighted by molar-refractivity contribution is 0.0949. The zero-order valence-electron chi connectivity index (χ0n) is 16.7. The van der Waals surface area contributed by atoms with Crippen LogP contribution in [0, 0.1) is 0 Å². The van der Waals surface area contributed by atoms with Crippen LogP contribution in [0.3, 0.4) is 0 Å². The summed E-state index contributed by atoms with van der Waals surface area (Å²) in [6.45, 7) is 0.692. The van der Waals surface area contributed by atoms with Crippen molar-refractivity contribution in [2.45, 2.75) is 13.2 Å². The number of aromatic nitrogens is 2. The van der Waals surface area contributed by atoms with E-state index < -0.39 is 11.5 Å². The van der Waals surface area contributed by atoms with Crippen LogP contribution in [0.25, 0.3) is 11.3 Å². The number of nitrogens with one attached hydrogen (secondary N) is 2. The van der Waals surface area contributed by atoms with Gasteiger partial charge in [0.15, 0.2) is 0 Å². The summed E-state index contributed by atoms with van der Waals surface area (Å²) in [4.78, 5) is 31.8. The number of H-pyrrole nitrogens is 1. The molecule has 6 heteroatoms. The van der Waals surface area contributed by atoms with Crippen molar-refractivity contribution in [3.05, 3.63) is 118 Å². The van der Waals surface area contributed by atoms with Crippen LogP contribution >= 0.6 is 0 Å². The highest BCUT2D eigenvalue weighted by molar-refractivity contribution is 5.94. The van der Waals surface area contributed by atoms with Gasteiger partial charge >= 0.3 is 0 Å². The van der Waals surface area contributed by atoms with Crippen molar-refractivity contribution in [3.8, 4) is 17.0 Å². The standard InChI is InChI=1S/C25H21N3O3/c29-24(22-13-14-23(28-25(22)30)19-6-2-1-3-7-19)27-16-18-9-11-21(12-10-18)31-17-20-8-4-5-15-26-20/h1-15H,16-17H2,(H,27,29)(H,28,30). The Hall–Kier alpha value is -4.19. The van der Waals surface area contributed by atoms with Crippen molar-refractivity contribution in [1.82, 2.24) is 15.3 Å². The first-order valence-corrected chi connectivity index (χ1v) is 9.87. The van der Waals surface area contributed by atoms with E-state index in [0.29, 0.717) is 24.6 Å². The van der Waals surface area contributed by atoms with Gasteiger partial charge in [-0.05, 0) is 47.5 Å². The Balaban J connectivity index is 1.34. The summed E-state index contributed by atoms with van der Waals surface area (Å²) in [5.41, 5.74) is 2.96. The Kier molecular flexibility index (Phi) is 6.18. The molecule has 31 heavy (non-hydrogen) atoms. The first-order valence-electron chi connectivity index (χ1n) is 9.87. The minimum Gasteiger partial charge on any atom is -0.487 e. The van der Waals surface area contributed by atoms with E-state index >= 15 is 0 Å². The first kappa shape index (κ1) is 20.1. The van der Waals surface area contributed by atoms with Crippen LogP contribution in [0.5, 0.6) is 5.75 Å². The molecule has 0 saturated heterocycles. The first-order chi connectivity index (χ1) is 15.2. The maximum atomic E-state index is 12.5. The molecule has 2 N–H and O–H groups in total. The summed E-state index contributed by atoms with van der Waals surface area (Å²) < 4.78 is 5.71. The Labute approximate surface area is 179 Å². The van der Waals surface area contributed by atoms with Gasteiger partial charge in [-0.3, -0.25) is 14.6 Å². The maximum Gasteiger partial charge on any atom is 0.261 e. The fourth-order valence-corrected chi connectivity index (χ4v) is 3.06. The second-order valence-electron chi connectivity index (χ2n) is 6.92. The molecule has 4 aromatic rings. The lowest BCUT2D eigenvalue weighted by Gasteiger charge is -2.08. The second-order valence-corrected chi connectivity index (χ2v) is 6.92. The molecule has 0 atom stereocenters. The number of benzene rings is 2. The lowest BCUT2D eigenvalue weighted by Crippen LogP contribution is -2.29. The topological polar surface area (TPSA) is 84.1 Å². The molecule has 6 nitrogen and oxygen atoms in total. The zero-order chi connectivity index (χ0) is 21.5. The van der Waals surface area contributed by atoms with Crippen LogP contribution in [-0.2, 0) is 13.2 Å². The lowest BCUT2D eigenvalue weighted by atomic mass is 10.1. The molecule has 0 unspecified atom stereocenters. The van der Waals surface area contributed by atoms with Crippen molar-refractivity contribution in [2.75, 3.05) is 0 Å². The van der Waals surface area contributed by atoms with Gasteiger partial charge in [-0.1, -0.05) is 48.5 Å². The molecule has 0 radical (unpaired) electrons. The normalized spacial score (nSPS) is 10.5. The molecule has 2 aromatic heterocycles. The van der Waals surface area contributed by atoms with Gasteiger partial charge in [-0.15, -0.1) is 0 Å². The smallest absolute Gasteiger partial charge is 0.261 e. The average Bonchev–Trinajstić information content (AvgIpc) is 2.83.